The number of aromatic nitrogens is 4. The summed E-state index contributed by atoms with van der Waals surface area (Å²) in [5, 5.41) is 3.52. The van der Waals surface area contributed by atoms with Gasteiger partial charge in [0.2, 0.25) is 5.95 Å². The second-order valence-electron chi connectivity index (χ2n) is 9.97. The van der Waals surface area contributed by atoms with Gasteiger partial charge in [0, 0.05) is 39.2 Å². The molecule has 0 spiro atoms. The van der Waals surface area contributed by atoms with Gasteiger partial charge < -0.3 is 4.57 Å². The predicted molar refractivity (Wildman–Crippen MR) is 164 cm³/mol. The van der Waals surface area contributed by atoms with Gasteiger partial charge in [0.05, 0.1) is 27.9 Å². The second kappa shape index (κ2) is 9.07. The Morgan fingerprint density at radius 2 is 1.05 bits per heavy atom. The van der Waals surface area contributed by atoms with Gasteiger partial charge in [-0.25, -0.2) is 9.97 Å². The minimum Gasteiger partial charge on any atom is -0.317 e. The number of benzene rings is 5. The molecule has 3 aromatic heterocycles. The molecule has 0 aliphatic carbocycles. The first kappa shape index (κ1) is 22.5. The lowest BCUT2D eigenvalue weighted by molar-refractivity contribution is 0.996. The van der Waals surface area contributed by atoms with E-state index < -0.39 is 0 Å². The molecule has 0 atom stereocenters. The molecule has 0 N–H and O–H groups in total. The van der Waals surface area contributed by atoms with Gasteiger partial charge in [-0.1, -0.05) is 97.1 Å². The Hall–Kier alpha value is -5.48. The monoisotopic (exact) mass is 512 g/mol. The van der Waals surface area contributed by atoms with E-state index in [0.717, 1.165) is 39.2 Å². The SMILES string of the molecule is c1ccc(-c2cc(-c3ccccc3)nc(-n3c4ccccc4c4cc5c(ccn5-c5ccccc5)cc43)n2)cc1. The number of fused-ring (bicyclic) bond motifs is 4. The number of para-hydroxylation sites is 2. The summed E-state index contributed by atoms with van der Waals surface area (Å²) in [6, 6.07) is 48.5. The Morgan fingerprint density at radius 3 is 1.73 bits per heavy atom. The lowest BCUT2D eigenvalue weighted by atomic mass is 10.1. The van der Waals surface area contributed by atoms with E-state index in [1.54, 1.807) is 0 Å². The summed E-state index contributed by atoms with van der Waals surface area (Å²) < 4.78 is 4.46. The van der Waals surface area contributed by atoms with Crippen LogP contribution >= 0.6 is 0 Å². The fourth-order valence-corrected chi connectivity index (χ4v) is 5.67. The lowest BCUT2D eigenvalue weighted by Crippen LogP contribution is -2.04. The van der Waals surface area contributed by atoms with E-state index in [-0.39, 0.29) is 0 Å². The zero-order valence-corrected chi connectivity index (χ0v) is 21.6. The molecule has 0 aliphatic rings. The van der Waals surface area contributed by atoms with Crippen molar-refractivity contribution < 1.29 is 0 Å². The molecule has 4 heteroatoms. The van der Waals surface area contributed by atoms with Crippen molar-refractivity contribution in [1.82, 2.24) is 19.1 Å². The van der Waals surface area contributed by atoms with Gasteiger partial charge in [-0.15, -0.1) is 0 Å². The van der Waals surface area contributed by atoms with Crippen molar-refractivity contribution in [3.05, 3.63) is 146 Å². The smallest absolute Gasteiger partial charge is 0.235 e. The molecule has 40 heavy (non-hydrogen) atoms. The highest BCUT2D eigenvalue weighted by Gasteiger charge is 2.18. The van der Waals surface area contributed by atoms with Crippen LogP contribution in [0.3, 0.4) is 0 Å². The molecule has 0 bridgehead atoms. The molecule has 3 heterocycles. The molecule has 0 aliphatic heterocycles. The van der Waals surface area contributed by atoms with Crippen LogP contribution in [0.1, 0.15) is 0 Å². The Balaban J connectivity index is 1.43. The van der Waals surface area contributed by atoms with Crippen LogP contribution in [-0.2, 0) is 0 Å². The largest absolute Gasteiger partial charge is 0.317 e. The van der Waals surface area contributed by atoms with E-state index in [2.05, 4.69) is 112 Å². The van der Waals surface area contributed by atoms with Crippen molar-refractivity contribution in [3.8, 4) is 34.2 Å². The molecular formula is C36H24N4. The molecule has 0 unspecified atom stereocenters. The first-order valence-electron chi connectivity index (χ1n) is 13.4. The molecule has 0 radical (unpaired) electrons. The van der Waals surface area contributed by atoms with Crippen LogP contribution in [0.25, 0.3) is 66.9 Å². The molecule has 0 amide bonds. The molecule has 0 fully saturated rings. The summed E-state index contributed by atoms with van der Waals surface area (Å²) in [6.07, 6.45) is 2.14. The third-order valence-corrected chi connectivity index (χ3v) is 7.57. The molecule has 188 valence electrons. The topological polar surface area (TPSA) is 35.6 Å². The average Bonchev–Trinajstić information content (AvgIpc) is 3.59. The van der Waals surface area contributed by atoms with Crippen molar-refractivity contribution in [2.45, 2.75) is 0 Å². The minimum atomic E-state index is 0.660. The summed E-state index contributed by atoms with van der Waals surface area (Å²) in [5.41, 5.74) is 8.40. The Bertz CT molecular complexity index is 2080. The van der Waals surface area contributed by atoms with Crippen LogP contribution in [0.15, 0.2) is 146 Å². The van der Waals surface area contributed by atoms with E-state index in [0.29, 0.717) is 5.95 Å². The molecule has 8 aromatic rings. The van der Waals surface area contributed by atoms with Gasteiger partial charge in [-0.3, -0.25) is 4.57 Å². The van der Waals surface area contributed by atoms with Crippen LogP contribution in [0.2, 0.25) is 0 Å². The summed E-state index contributed by atoms with van der Waals surface area (Å²) in [6.45, 7) is 0. The van der Waals surface area contributed by atoms with E-state index in [1.165, 1.54) is 21.7 Å². The van der Waals surface area contributed by atoms with Crippen LogP contribution in [0, 0.1) is 0 Å². The van der Waals surface area contributed by atoms with Crippen molar-refractivity contribution >= 4 is 32.7 Å². The highest BCUT2D eigenvalue weighted by atomic mass is 15.2. The highest BCUT2D eigenvalue weighted by molar-refractivity contribution is 6.13. The third kappa shape index (κ3) is 3.62. The molecule has 4 nitrogen and oxygen atoms in total. The van der Waals surface area contributed by atoms with Gasteiger partial charge >= 0.3 is 0 Å². The van der Waals surface area contributed by atoms with E-state index in [4.69, 9.17) is 9.97 Å². The molecule has 8 rings (SSSR count). The van der Waals surface area contributed by atoms with Crippen LogP contribution in [0.4, 0.5) is 0 Å². The fraction of sp³-hybridized carbons (Fsp3) is 0. The van der Waals surface area contributed by atoms with Crippen LogP contribution in [0.5, 0.6) is 0 Å². The van der Waals surface area contributed by atoms with Crippen molar-refractivity contribution in [2.75, 3.05) is 0 Å². The Labute approximate surface area is 231 Å². The van der Waals surface area contributed by atoms with Gasteiger partial charge in [-0.2, -0.15) is 0 Å². The maximum atomic E-state index is 5.15. The minimum absolute atomic E-state index is 0.660. The summed E-state index contributed by atoms with van der Waals surface area (Å²) in [5.74, 6) is 0.660. The molecular weight excluding hydrogens is 488 g/mol. The summed E-state index contributed by atoms with van der Waals surface area (Å²) in [7, 11) is 0. The van der Waals surface area contributed by atoms with Gasteiger partial charge in [0.1, 0.15) is 0 Å². The average molecular weight is 513 g/mol. The van der Waals surface area contributed by atoms with Crippen LogP contribution < -0.4 is 0 Å². The first-order valence-corrected chi connectivity index (χ1v) is 13.4. The van der Waals surface area contributed by atoms with Gasteiger partial charge in [0.15, 0.2) is 0 Å². The first-order chi connectivity index (χ1) is 19.8. The van der Waals surface area contributed by atoms with E-state index in [9.17, 15) is 0 Å². The predicted octanol–water partition coefficient (Wildman–Crippen LogP) is 8.85. The zero-order valence-electron chi connectivity index (χ0n) is 21.6. The quantitative estimate of drug-likeness (QED) is 0.236. The van der Waals surface area contributed by atoms with Gasteiger partial charge in [-0.05, 0) is 42.5 Å². The van der Waals surface area contributed by atoms with E-state index >= 15 is 0 Å². The molecule has 5 aromatic carbocycles. The molecule has 0 saturated heterocycles. The standard InChI is InChI=1S/C36H24N4/c1-4-12-25(13-5-1)31-24-32(26-14-6-2-7-15-26)38-36(37-31)40-33-19-11-10-18-29(33)30-23-34-27(22-35(30)40)20-21-39(34)28-16-8-3-9-17-28/h1-24H. The van der Waals surface area contributed by atoms with Crippen molar-refractivity contribution in [3.63, 3.8) is 0 Å². The summed E-state index contributed by atoms with van der Waals surface area (Å²) in [4.78, 5) is 10.3. The maximum absolute atomic E-state index is 5.15. The fourth-order valence-electron chi connectivity index (χ4n) is 5.67. The normalized spacial score (nSPS) is 11.5. The number of nitrogens with zero attached hydrogens (tertiary/aromatic N) is 4. The van der Waals surface area contributed by atoms with E-state index in [1.807, 2.05) is 42.5 Å². The maximum Gasteiger partial charge on any atom is 0.235 e. The third-order valence-electron chi connectivity index (χ3n) is 7.57. The second-order valence-corrected chi connectivity index (χ2v) is 9.97. The number of hydrogen-bond donors (Lipinski definition) is 0. The lowest BCUT2D eigenvalue weighted by Gasteiger charge is -2.12. The Morgan fingerprint density at radius 1 is 0.450 bits per heavy atom. The zero-order chi connectivity index (χ0) is 26.5. The van der Waals surface area contributed by atoms with Gasteiger partial charge in [0.25, 0.3) is 0 Å². The number of hydrogen-bond acceptors (Lipinski definition) is 2. The Kier molecular flexibility index (Phi) is 5.10. The van der Waals surface area contributed by atoms with Crippen LogP contribution in [-0.4, -0.2) is 19.1 Å². The highest BCUT2D eigenvalue weighted by Crippen LogP contribution is 2.36. The van der Waals surface area contributed by atoms with Crippen molar-refractivity contribution in [2.24, 2.45) is 0 Å². The number of rotatable bonds is 4. The molecule has 0 saturated carbocycles. The van der Waals surface area contributed by atoms with Crippen molar-refractivity contribution in [1.29, 1.82) is 0 Å². The summed E-state index contributed by atoms with van der Waals surface area (Å²) >= 11 is 0.